The highest BCUT2D eigenvalue weighted by molar-refractivity contribution is 5.68. The molecular weight excluding hydrogens is 498 g/mol. The fourth-order valence-corrected chi connectivity index (χ4v) is 3.72. The van der Waals surface area contributed by atoms with Gasteiger partial charge in [0.15, 0.2) is 0 Å². The molecule has 0 unspecified atom stereocenters. The van der Waals surface area contributed by atoms with Crippen LogP contribution in [0.4, 0.5) is 35.9 Å². The summed E-state index contributed by atoms with van der Waals surface area (Å²) in [6, 6.07) is -1.96. The number of ether oxygens (including phenoxy) is 2. The average molecular weight is 537 g/mol. The van der Waals surface area contributed by atoms with E-state index in [0.717, 1.165) is 0 Å². The molecule has 0 radical (unpaired) electrons. The van der Waals surface area contributed by atoms with Crippen molar-refractivity contribution in [3.05, 3.63) is 0 Å². The molecule has 8 nitrogen and oxygen atoms in total. The Morgan fingerprint density at radius 2 is 0.972 bits per heavy atom. The molecule has 2 saturated heterocycles. The molecule has 0 aromatic rings. The number of alkyl halides is 6. The van der Waals surface area contributed by atoms with Crippen LogP contribution in [-0.4, -0.2) is 74.0 Å². The number of alkyl carbamates (subject to hydrolysis) is 2. The van der Waals surface area contributed by atoms with Crippen LogP contribution >= 0.6 is 0 Å². The molecule has 2 amide bonds. The standard InChI is InChI=1S/2C11H19F3N2O2/c2*1-10(2,3)18-9(17)16-8-6-15-5-4-7(8)11(12,13)14/h2*7-8,15H,4-6H2,1-3H3,(H,16,17)/t2*7-,8-/m10/s1. The Hall–Kier alpha value is -1.96. The van der Waals surface area contributed by atoms with Gasteiger partial charge in [-0.2, -0.15) is 26.3 Å². The molecule has 0 aromatic carbocycles. The molecule has 0 aliphatic carbocycles. The Labute approximate surface area is 207 Å². The number of piperidine rings is 2. The van der Waals surface area contributed by atoms with Crippen LogP contribution in [0, 0.1) is 11.8 Å². The summed E-state index contributed by atoms with van der Waals surface area (Å²) in [5, 5.41) is 10.2. The van der Waals surface area contributed by atoms with Crippen molar-refractivity contribution < 1.29 is 45.4 Å². The van der Waals surface area contributed by atoms with E-state index >= 15 is 0 Å². The van der Waals surface area contributed by atoms with E-state index in [9.17, 15) is 35.9 Å². The normalized spacial score (nSPS) is 25.7. The van der Waals surface area contributed by atoms with E-state index in [4.69, 9.17) is 9.47 Å². The summed E-state index contributed by atoms with van der Waals surface area (Å²) in [6.45, 7) is 10.8. The lowest BCUT2D eigenvalue weighted by Crippen LogP contribution is -2.55. The second-order valence-corrected chi connectivity index (χ2v) is 10.8. The van der Waals surface area contributed by atoms with Crippen molar-refractivity contribution in [1.29, 1.82) is 0 Å². The lowest BCUT2D eigenvalue weighted by molar-refractivity contribution is -0.187. The predicted octanol–water partition coefficient (Wildman–Crippen LogP) is 4.10. The fourth-order valence-electron chi connectivity index (χ4n) is 3.72. The van der Waals surface area contributed by atoms with E-state index in [2.05, 4.69) is 21.3 Å². The highest BCUT2D eigenvalue weighted by Gasteiger charge is 2.47. The zero-order valence-electron chi connectivity index (χ0n) is 21.5. The molecule has 2 rings (SSSR count). The largest absolute Gasteiger partial charge is 0.444 e. The van der Waals surface area contributed by atoms with Crippen LogP contribution in [0.5, 0.6) is 0 Å². The molecule has 0 saturated carbocycles. The van der Waals surface area contributed by atoms with Crippen LogP contribution in [0.15, 0.2) is 0 Å². The molecule has 0 bridgehead atoms. The maximum atomic E-state index is 12.8. The Bertz CT molecular complexity index is 659. The van der Waals surface area contributed by atoms with E-state index in [0.29, 0.717) is 13.1 Å². The van der Waals surface area contributed by atoms with Gasteiger partial charge in [0, 0.05) is 13.1 Å². The number of hydrogen-bond donors (Lipinski definition) is 4. The number of halogens is 6. The molecule has 4 atom stereocenters. The van der Waals surface area contributed by atoms with Crippen molar-refractivity contribution in [3.8, 4) is 0 Å². The van der Waals surface area contributed by atoms with E-state index in [1.54, 1.807) is 41.5 Å². The molecule has 2 heterocycles. The molecule has 4 N–H and O–H groups in total. The van der Waals surface area contributed by atoms with Gasteiger partial charge in [-0.3, -0.25) is 0 Å². The highest BCUT2D eigenvalue weighted by Crippen LogP contribution is 2.33. The van der Waals surface area contributed by atoms with Gasteiger partial charge in [-0.15, -0.1) is 0 Å². The third kappa shape index (κ3) is 12.3. The van der Waals surface area contributed by atoms with Crippen LogP contribution in [-0.2, 0) is 9.47 Å². The van der Waals surface area contributed by atoms with Gasteiger partial charge in [0.2, 0.25) is 0 Å². The summed E-state index contributed by atoms with van der Waals surface area (Å²) in [6.07, 6.45) is -10.3. The molecule has 2 aliphatic rings. The summed E-state index contributed by atoms with van der Waals surface area (Å²) in [5.41, 5.74) is -1.44. The van der Waals surface area contributed by atoms with Crippen LogP contribution in [0.1, 0.15) is 54.4 Å². The quantitative estimate of drug-likeness (QED) is 0.397. The van der Waals surface area contributed by atoms with Gasteiger partial charge in [0.05, 0.1) is 23.9 Å². The first-order chi connectivity index (χ1) is 16.2. The van der Waals surface area contributed by atoms with E-state index in [-0.39, 0.29) is 25.9 Å². The number of nitrogens with one attached hydrogen (secondary N) is 4. The van der Waals surface area contributed by atoms with Gasteiger partial charge in [-0.25, -0.2) is 9.59 Å². The maximum absolute atomic E-state index is 12.8. The number of rotatable bonds is 2. The SMILES string of the molecule is CC(C)(C)OC(=O)N[C@@H]1CNCC[C@H]1C(F)(F)F.CC(C)(C)OC(=O)N[C@H]1CNCC[C@@H]1C(F)(F)F. The second kappa shape index (κ2) is 12.5. The van der Waals surface area contributed by atoms with Gasteiger partial charge >= 0.3 is 24.5 Å². The highest BCUT2D eigenvalue weighted by atomic mass is 19.4. The molecule has 2 aliphatic heterocycles. The molecule has 14 heteroatoms. The Morgan fingerprint density at radius 1 is 0.667 bits per heavy atom. The number of carbonyl (C=O) groups excluding carboxylic acids is 2. The van der Waals surface area contributed by atoms with Crippen molar-refractivity contribution in [2.75, 3.05) is 26.2 Å². The van der Waals surface area contributed by atoms with Crippen LogP contribution in [0.2, 0.25) is 0 Å². The molecule has 36 heavy (non-hydrogen) atoms. The topological polar surface area (TPSA) is 101 Å². The molecular formula is C22H38F6N4O4. The van der Waals surface area contributed by atoms with E-state index in [1.807, 2.05) is 0 Å². The zero-order valence-corrected chi connectivity index (χ0v) is 21.5. The van der Waals surface area contributed by atoms with Crippen LogP contribution in [0.3, 0.4) is 0 Å². The summed E-state index contributed by atoms with van der Waals surface area (Å²) in [5.74, 6) is -3.04. The molecule has 0 aromatic heterocycles. The summed E-state index contributed by atoms with van der Waals surface area (Å²) >= 11 is 0. The Morgan fingerprint density at radius 3 is 1.22 bits per heavy atom. The third-order valence-corrected chi connectivity index (χ3v) is 5.21. The number of carbonyl (C=O) groups is 2. The first kappa shape index (κ1) is 32.1. The van der Waals surface area contributed by atoms with Crippen LogP contribution < -0.4 is 21.3 Å². The molecule has 212 valence electrons. The van der Waals surface area contributed by atoms with Gasteiger partial charge in [-0.05, 0) is 67.5 Å². The van der Waals surface area contributed by atoms with Crippen molar-refractivity contribution in [3.63, 3.8) is 0 Å². The number of amides is 2. The predicted molar refractivity (Wildman–Crippen MR) is 120 cm³/mol. The summed E-state index contributed by atoms with van der Waals surface area (Å²) in [7, 11) is 0. The van der Waals surface area contributed by atoms with Gasteiger partial charge in [-0.1, -0.05) is 0 Å². The van der Waals surface area contributed by atoms with Crippen molar-refractivity contribution in [2.24, 2.45) is 11.8 Å². The third-order valence-electron chi connectivity index (χ3n) is 5.21. The molecule has 0 spiro atoms. The average Bonchev–Trinajstić information content (AvgIpc) is 2.64. The maximum Gasteiger partial charge on any atom is 0.407 e. The Kier molecular flexibility index (Phi) is 11.2. The molecule has 2 fully saturated rings. The second-order valence-electron chi connectivity index (χ2n) is 10.8. The van der Waals surface area contributed by atoms with Crippen molar-refractivity contribution in [2.45, 2.75) is 90.0 Å². The first-order valence-electron chi connectivity index (χ1n) is 11.7. The first-order valence-corrected chi connectivity index (χ1v) is 11.7. The number of hydrogen-bond acceptors (Lipinski definition) is 6. The van der Waals surface area contributed by atoms with E-state index in [1.165, 1.54) is 0 Å². The van der Waals surface area contributed by atoms with E-state index < -0.39 is 59.7 Å². The minimum absolute atomic E-state index is 0.0377. The van der Waals surface area contributed by atoms with Crippen molar-refractivity contribution >= 4 is 12.2 Å². The van der Waals surface area contributed by atoms with Crippen molar-refractivity contribution in [1.82, 2.24) is 21.3 Å². The fraction of sp³-hybridized carbons (Fsp3) is 0.909. The Balaban J connectivity index is 0.000000360. The summed E-state index contributed by atoms with van der Waals surface area (Å²) < 4.78 is 86.5. The van der Waals surface area contributed by atoms with Gasteiger partial charge in [0.1, 0.15) is 11.2 Å². The summed E-state index contributed by atoms with van der Waals surface area (Å²) in [4.78, 5) is 22.9. The lowest BCUT2D eigenvalue weighted by atomic mass is 9.92. The minimum atomic E-state index is -4.30. The van der Waals surface area contributed by atoms with Gasteiger partial charge in [0.25, 0.3) is 0 Å². The monoisotopic (exact) mass is 536 g/mol. The smallest absolute Gasteiger partial charge is 0.407 e. The zero-order chi connectivity index (χ0) is 27.9. The lowest BCUT2D eigenvalue weighted by Gasteiger charge is -2.34. The van der Waals surface area contributed by atoms with Gasteiger partial charge < -0.3 is 30.7 Å². The minimum Gasteiger partial charge on any atom is -0.444 e. The van der Waals surface area contributed by atoms with Crippen LogP contribution in [0.25, 0.3) is 0 Å².